The van der Waals surface area contributed by atoms with Gasteiger partial charge in [-0.15, -0.1) is 0 Å². The first-order valence-corrected chi connectivity index (χ1v) is 11.2. The van der Waals surface area contributed by atoms with Crippen LogP contribution in [0.2, 0.25) is 0 Å². The van der Waals surface area contributed by atoms with Gasteiger partial charge in [0.05, 0.1) is 25.3 Å². The number of nitrogens with zero attached hydrogens (tertiary/aromatic N) is 1. The lowest BCUT2D eigenvalue weighted by atomic mass is 9.94. The number of para-hydroxylation sites is 1. The molecule has 6 heteroatoms. The highest BCUT2D eigenvalue weighted by atomic mass is 16.5. The van der Waals surface area contributed by atoms with Crippen LogP contribution >= 0.6 is 0 Å². The zero-order valence-corrected chi connectivity index (χ0v) is 19.4. The van der Waals surface area contributed by atoms with Gasteiger partial charge in [0.1, 0.15) is 17.3 Å². The average Bonchev–Trinajstić information content (AvgIpc) is 3.13. The fourth-order valence-corrected chi connectivity index (χ4v) is 4.13. The van der Waals surface area contributed by atoms with Gasteiger partial charge >= 0.3 is 0 Å². The van der Waals surface area contributed by atoms with Gasteiger partial charge in [0.25, 0.3) is 11.7 Å². The molecule has 0 saturated carbocycles. The Balaban J connectivity index is 1.88. The number of ether oxygens (including phenoxy) is 2. The number of hydrogen-bond acceptors (Lipinski definition) is 5. The van der Waals surface area contributed by atoms with Gasteiger partial charge in [-0.1, -0.05) is 37.3 Å². The number of Topliss-reactive ketones (excluding diaryl/α,β-unsaturated/α-hetero) is 1. The third-order valence-corrected chi connectivity index (χ3v) is 5.83. The van der Waals surface area contributed by atoms with E-state index in [9.17, 15) is 14.7 Å². The molecule has 4 rings (SSSR count). The minimum Gasteiger partial charge on any atom is -0.507 e. The van der Waals surface area contributed by atoms with E-state index in [1.54, 1.807) is 55.6 Å². The minimum absolute atomic E-state index is 0.0312. The van der Waals surface area contributed by atoms with Gasteiger partial charge in [0.15, 0.2) is 0 Å². The molecular weight excluding hydrogens is 430 g/mol. The smallest absolute Gasteiger partial charge is 0.300 e. The van der Waals surface area contributed by atoms with E-state index in [-0.39, 0.29) is 11.3 Å². The number of ketones is 1. The number of rotatable bonds is 7. The molecule has 1 N–H and O–H groups in total. The molecule has 6 nitrogen and oxygen atoms in total. The van der Waals surface area contributed by atoms with Crippen LogP contribution in [-0.4, -0.2) is 30.5 Å². The zero-order chi connectivity index (χ0) is 24.2. The third kappa shape index (κ3) is 4.27. The van der Waals surface area contributed by atoms with Crippen molar-refractivity contribution in [1.82, 2.24) is 0 Å². The Morgan fingerprint density at radius 3 is 2.38 bits per heavy atom. The van der Waals surface area contributed by atoms with Crippen LogP contribution in [0.1, 0.15) is 36.1 Å². The zero-order valence-electron chi connectivity index (χ0n) is 19.4. The normalized spacial score (nSPS) is 17.1. The molecule has 0 aromatic heterocycles. The van der Waals surface area contributed by atoms with E-state index in [4.69, 9.17) is 9.47 Å². The molecule has 0 radical (unpaired) electrons. The van der Waals surface area contributed by atoms with Crippen molar-refractivity contribution in [2.75, 3.05) is 18.6 Å². The number of carbonyl (C=O) groups is 2. The van der Waals surface area contributed by atoms with Crippen molar-refractivity contribution in [2.45, 2.75) is 26.3 Å². The number of methoxy groups -OCH3 is 1. The fraction of sp³-hybridized carbons (Fsp3) is 0.214. The second kappa shape index (κ2) is 9.83. The Morgan fingerprint density at radius 1 is 0.971 bits per heavy atom. The van der Waals surface area contributed by atoms with Crippen molar-refractivity contribution in [2.24, 2.45) is 0 Å². The number of aryl methyl sites for hydroxylation is 1. The van der Waals surface area contributed by atoms with E-state index >= 15 is 0 Å². The van der Waals surface area contributed by atoms with Crippen LogP contribution in [0.3, 0.4) is 0 Å². The van der Waals surface area contributed by atoms with Crippen LogP contribution in [0.5, 0.6) is 11.5 Å². The van der Waals surface area contributed by atoms with Gasteiger partial charge in [0, 0.05) is 11.3 Å². The summed E-state index contributed by atoms with van der Waals surface area (Å²) in [4.78, 5) is 28.0. The quantitative estimate of drug-likeness (QED) is 0.291. The molecule has 1 aliphatic heterocycles. The van der Waals surface area contributed by atoms with Crippen LogP contribution in [0.25, 0.3) is 5.76 Å². The summed E-state index contributed by atoms with van der Waals surface area (Å²) in [6.45, 7) is 4.49. The van der Waals surface area contributed by atoms with Gasteiger partial charge < -0.3 is 14.6 Å². The van der Waals surface area contributed by atoms with Crippen molar-refractivity contribution in [3.05, 3.63) is 95.1 Å². The molecule has 3 aromatic carbocycles. The lowest BCUT2D eigenvalue weighted by molar-refractivity contribution is -0.132. The summed E-state index contributed by atoms with van der Waals surface area (Å²) >= 11 is 0. The Kier molecular flexibility index (Phi) is 6.68. The first-order chi connectivity index (χ1) is 16.5. The summed E-state index contributed by atoms with van der Waals surface area (Å²) in [6.07, 6.45) is 0.880. The summed E-state index contributed by atoms with van der Waals surface area (Å²) in [5, 5.41) is 11.3. The number of aliphatic hydroxyl groups excluding tert-OH is 1. The lowest BCUT2D eigenvalue weighted by Crippen LogP contribution is -2.30. The Bertz CT molecular complexity index is 1250. The molecule has 1 saturated heterocycles. The predicted octanol–water partition coefficient (Wildman–Crippen LogP) is 5.42. The predicted molar refractivity (Wildman–Crippen MR) is 131 cm³/mol. The summed E-state index contributed by atoms with van der Waals surface area (Å²) in [6, 6.07) is 20.6. The Hall–Kier alpha value is -4.06. The number of hydrogen-bond donors (Lipinski definition) is 1. The number of carbonyl (C=O) groups excluding carboxylic acids is 2. The Labute approximate surface area is 199 Å². The third-order valence-electron chi connectivity index (χ3n) is 5.83. The van der Waals surface area contributed by atoms with E-state index < -0.39 is 17.7 Å². The molecule has 34 heavy (non-hydrogen) atoms. The molecule has 1 amide bonds. The van der Waals surface area contributed by atoms with Crippen molar-refractivity contribution in [1.29, 1.82) is 0 Å². The lowest BCUT2D eigenvalue weighted by Gasteiger charge is -2.27. The first kappa shape index (κ1) is 23.1. The molecule has 0 bridgehead atoms. The number of anilines is 1. The van der Waals surface area contributed by atoms with E-state index in [2.05, 4.69) is 0 Å². The highest BCUT2D eigenvalue weighted by Gasteiger charge is 2.47. The highest BCUT2D eigenvalue weighted by Crippen LogP contribution is 2.43. The summed E-state index contributed by atoms with van der Waals surface area (Å²) in [5.41, 5.74) is 2.57. The first-order valence-electron chi connectivity index (χ1n) is 11.2. The summed E-state index contributed by atoms with van der Waals surface area (Å²) in [5.74, 6) is -0.399. The van der Waals surface area contributed by atoms with E-state index in [0.717, 1.165) is 12.0 Å². The molecule has 1 unspecified atom stereocenters. The minimum atomic E-state index is -0.813. The van der Waals surface area contributed by atoms with E-state index in [0.29, 0.717) is 34.9 Å². The monoisotopic (exact) mass is 457 g/mol. The van der Waals surface area contributed by atoms with E-state index in [1.165, 1.54) is 4.90 Å². The maximum absolute atomic E-state index is 13.3. The fourth-order valence-electron chi connectivity index (χ4n) is 4.13. The van der Waals surface area contributed by atoms with Crippen LogP contribution in [0.4, 0.5) is 5.69 Å². The molecule has 1 fully saturated rings. The molecule has 0 spiro atoms. The van der Waals surface area contributed by atoms with Crippen molar-refractivity contribution in [3.63, 3.8) is 0 Å². The molecule has 1 aliphatic rings. The van der Waals surface area contributed by atoms with Crippen LogP contribution in [-0.2, 0) is 9.59 Å². The second-order valence-electron chi connectivity index (χ2n) is 8.11. The van der Waals surface area contributed by atoms with Gasteiger partial charge in [-0.25, -0.2) is 0 Å². The molecular formula is C28H27NO5. The van der Waals surface area contributed by atoms with Gasteiger partial charge in [0.2, 0.25) is 0 Å². The Morgan fingerprint density at radius 2 is 1.71 bits per heavy atom. The van der Waals surface area contributed by atoms with Gasteiger partial charge in [-0.2, -0.15) is 0 Å². The van der Waals surface area contributed by atoms with Crippen LogP contribution < -0.4 is 14.4 Å². The average molecular weight is 458 g/mol. The van der Waals surface area contributed by atoms with Crippen molar-refractivity contribution in [3.8, 4) is 11.5 Å². The van der Waals surface area contributed by atoms with Gasteiger partial charge in [-0.3, -0.25) is 14.5 Å². The summed E-state index contributed by atoms with van der Waals surface area (Å²) < 4.78 is 11.0. The number of aliphatic hydroxyl groups is 1. The second-order valence-corrected chi connectivity index (χ2v) is 8.11. The van der Waals surface area contributed by atoms with Gasteiger partial charge in [-0.05, 0) is 66.9 Å². The molecule has 3 aromatic rings. The van der Waals surface area contributed by atoms with Crippen molar-refractivity contribution >= 4 is 23.1 Å². The molecule has 174 valence electrons. The summed E-state index contributed by atoms with van der Waals surface area (Å²) in [7, 11) is 1.56. The topological polar surface area (TPSA) is 76.1 Å². The molecule has 1 atom stereocenters. The van der Waals surface area contributed by atoms with E-state index in [1.807, 2.05) is 38.1 Å². The molecule has 1 heterocycles. The number of benzene rings is 3. The molecule has 0 aliphatic carbocycles. The largest absolute Gasteiger partial charge is 0.507 e. The maximum Gasteiger partial charge on any atom is 0.300 e. The van der Waals surface area contributed by atoms with Crippen molar-refractivity contribution < 1.29 is 24.2 Å². The standard InChI is InChI=1S/C28H27NO5/c1-4-16-34-21-14-12-19(13-15-21)26(30)24-25(20-9-7-10-22(17-20)33-3)29(28(32)27(24)31)23-11-6-5-8-18(23)2/h5-15,17,25,30H,4,16H2,1-3H3/b26-24-. The maximum atomic E-state index is 13.3. The van der Waals surface area contributed by atoms with Crippen LogP contribution in [0.15, 0.2) is 78.4 Å². The van der Waals surface area contributed by atoms with Crippen LogP contribution in [0, 0.1) is 6.92 Å². The number of amides is 1. The SMILES string of the molecule is CCCOc1ccc(/C(O)=C2/C(=O)C(=O)N(c3ccccc3C)C2c2cccc(OC)c2)cc1. The highest BCUT2D eigenvalue weighted by molar-refractivity contribution is 6.51.